The van der Waals surface area contributed by atoms with Gasteiger partial charge in [-0.2, -0.15) is 0 Å². The number of aromatic nitrogens is 4. The Kier molecular flexibility index (Phi) is 4.43. The molecule has 0 fully saturated rings. The lowest BCUT2D eigenvalue weighted by Crippen LogP contribution is -2.34. The van der Waals surface area contributed by atoms with Crippen LogP contribution < -0.4 is 16.0 Å². The fraction of sp³-hybridized carbons (Fsp3) is 0.111. The molecule has 0 unspecified atom stereocenters. The molecule has 0 saturated heterocycles. The highest BCUT2D eigenvalue weighted by Crippen LogP contribution is 2.36. The molecule has 0 amide bonds. The molecule has 0 saturated carbocycles. The van der Waals surface area contributed by atoms with Gasteiger partial charge >= 0.3 is 5.69 Å². The molecule has 1 aromatic carbocycles. The van der Waals surface area contributed by atoms with Gasteiger partial charge in [0.2, 0.25) is 5.88 Å². The zero-order chi connectivity index (χ0) is 20.7. The van der Waals surface area contributed by atoms with Crippen molar-refractivity contribution in [3.05, 3.63) is 72.9 Å². The third-order valence-electron chi connectivity index (χ3n) is 4.39. The van der Waals surface area contributed by atoms with Crippen LogP contribution in [0, 0.1) is 17.0 Å². The lowest BCUT2D eigenvalue weighted by molar-refractivity contribution is -0.384. The van der Waals surface area contributed by atoms with Crippen LogP contribution in [0.25, 0.3) is 26.5 Å². The van der Waals surface area contributed by atoms with Gasteiger partial charge in [0.05, 0.1) is 17.4 Å². The smallest absolute Gasteiger partial charge is 0.335 e. The van der Waals surface area contributed by atoms with E-state index in [-0.39, 0.29) is 17.4 Å². The molecule has 0 bridgehead atoms. The second kappa shape index (κ2) is 6.95. The van der Waals surface area contributed by atoms with E-state index in [9.17, 15) is 19.7 Å². The Morgan fingerprint density at radius 2 is 1.86 bits per heavy atom. The summed E-state index contributed by atoms with van der Waals surface area (Å²) in [6.07, 6.45) is 0. The molecule has 11 heteroatoms. The van der Waals surface area contributed by atoms with Crippen molar-refractivity contribution < 1.29 is 9.66 Å². The largest absolute Gasteiger partial charge is 0.480 e. The van der Waals surface area contributed by atoms with Crippen molar-refractivity contribution in [1.29, 1.82) is 0 Å². The molecule has 29 heavy (non-hydrogen) atoms. The van der Waals surface area contributed by atoms with E-state index in [1.54, 1.807) is 19.1 Å². The number of hydrogen-bond acceptors (Lipinski definition) is 8. The van der Waals surface area contributed by atoms with Crippen molar-refractivity contribution in [3.63, 3.8) is 0 Å². The normalized spacial score (nSPS) is 11.0. The third kappa shape index (κ3) is 3.06. The van der Waals surface area contributed by atoms with Gasteiger partial charge in [-0.1, -0.05) is 0 Å². The molecule has 0 atom stereocenters. The Hall–Kier alpha value is -3.86. The van der Waals surface area contributed by atoms with Gasteiger partial charge in [-0.15, -0.1) is 21.5 Å². The van der Waals surface area contributed by atoms with Gasteiger partial charge < -0.3 is 4.74 Å². The molecule has 146 valence electrons. The van der Waals surface area contributed by atoms with E-state index < -0.39 is 16.2 Å². The predicted octanol–water partition coefficient (Wildman–Crippen LogP) is 2.42. The van der Waals surface area contributed by atoms with Crippen LogP contribution in [-0.2, 0) is 0 Å². The molecule has 0 aliphatic heterocycles. The summed E-state index contributed by atoms with van der Waals surface area (Å²) in [4.78, 5) is 39.8. The van der Waals surface area contributed by atoms with Crippen molar-refractivity contribution >= 4 is 27.2 Å². The number of benzene rings is 1. The van der Waals surface area contributed by atoms with E-state index in [1.807, 2.05) is 0 Å². The van der Waals surface area contributed by atoms with E-state index in [0.717, 1.165) is 9.44 Å². The molecule has 3 heterocycles. The Morgan fingerprint density at radius 1 is 1.14 bits per heavy atom. The Morgan fingerprint density at radius 3 is 2.45 bits per heavy atom. The number of nitro groups is 1. The van der Waals surface area contributed by atoms with Crippen LogP contribution in [0.3, 0.4) is 0 Å². The standard InChI is InChI=1S/C18H13N5O5S/c1-9-14-16(29-15(9)10-3-5-11(6-4-10)23(26)27)19-18(25)22(17(14)24)12-7-8-13(28-2)21-20-12/h3-8H,1-2H3,(H,19,25). The maximum absolute atomic E-state index is 13.1. The van der Waals surface area contributed by atoms with Crippen LogP contribution in [0.5, 0.6) is 5.88 Å². The minimum atomic E-state index is -0.640. The second-order valence-electron chi connectivity index (χ2n) is 6.07. The first kappa shape index (κ1) is 18.5. The maximum Gasteiger partial charge on any atom is 0.335 e. The SMILES string of the molecule is COc1ccc(-n2c(=O)[nH]c3sc(-c4ccc([N+](=O)[O-])cc4)c(C)c3c2=O)nn1. The summed E-state index contributed by atoms with van der Waals surface area (Å²) in [6, 6.07) is 8.98. The molecule has 10 nitrogen and oxygen atoms in total. The van der Waals surface area contributed by atoms with Gasteiger partial charge in [0.25, 0.3) is 11.2 Å². The zero-order valence-corrected chi connectivity index (χ0v) is 16.0. The predicted molar refractivity (Wildman–Crippen MR) is 107 cm³/mol. The van der Waals surface area contributed by atoms with E-state index in [0.29, 0.717) is 21.3 Å². The third-order valence-corrected chi connectivity index (χ3v) is 5.65. The summed E-state index contributed by atoms with van der Waals surface area (Å²) in [5.74, 6) is 0.327. The average molecular weight is 411 g/mol. The van der Waals surface area contributed by atoms with Gasteiger partial charge in [-0.05, 0) is 36.2 Å². The highest BCUT2D eigenvalue weighted by molar-refractivity contribution is 7.22. The number of fused-ring (bicyclic) bond motifs is 1. The van der Waals surface area contributed by atoms with Crippen molar-refractivity contribution in [2.75, 3.05) is 7.11 Å². The van der Waals surface area contributed by atoms with Crippen molar-refractivity contribution in [1.82, 2.24) is 19.7 Å². The Bertz CT molecular complexity index is 1350. The first-order chi connectivity index (χ1) is 13.9. The average Bonchev–Trinajstić information content (AvgIpc) is 3.04. The topological polar surface area (TPSA) is 133 Å². The van der Waals surface area contributed by atoms with Crippen LogP contribution >= 0.6 is 11.3 Å². The molecular formula is C18H13N5O5S. The quantitative estimate of drug-likeness (QED) is 0.403. The highest BCUT2D eigenvalue weighted by Gasteiger charge is 2.19. The number of non-ortho nitro benzene ring substituents is 1. The molecule has 1 N–H and O–H groups in total. The summed E-state index contributed by atoms with van der Waals surface area (Å²) in [7, 11) is 1.43. The number of thiophene rings is 1. The van der Waals surface area contributed by atoms with Crippen LogP contribution in [0.4, 0.5) is 5.69 Å². The molecule has 0 aliphatic carbocycles. The molecule has 0 aliphatic rings. The fourth-order valence-electron chi connectivity index (χ4n) is 2.98. The monoisotopic (exact) mass is 411 g/mol. The first-order valence-corrected chi connectivity index (χ1v) is 9.13. The van der Waals surface area contributed by atoms with E-state index in [4.69, 9.17) is 4.74 Å². The molecular weight excluding hydrogens is 398 g/mol. The number of H-pyrrole nitrogens is 1. The maximum atomic E-state index is 13.1. The summed E-state index contributed by atoms with van der Waals surface area (Å²) in [5, 5.41) is 18.9. The van der Waals surface area contributed by atoms with Crippen molar-refractivity contribution in [2.24, 2.45) is 0 Å². The number of hydrogen-bond donors (Lipinski definition) is 1. The highest BCUT2D eigenvalue weighted by atomic mass is 32.1. The molecule has 4 aromatic rings. The number of methoxy groups -OCH3 is 1. The molecule has 3 aromatic heterocycles. The van der Waals surface area contributed by atoms with Gasteiger partial charge in [-0.3, -0.25) is 19.9 Å². The summed E-state index contributed by atoms with van der Waals surface area (Å²) in [6.45, 7) is 1.76. The number of aromatic amines is 1. The van der Waals surface area contributed by atoms with E-state index in [2.05, 4.69) is 15.2 Å². The number of aryl methyl sites for hydroxylation is 1. The molecule has 0 radical (unpaired) electrons. The van der Waals surface area contributed by atoms with Crippen LogP contribution in [0.2, 0.25) is 0 Å². The minimum absolute atomic E-state index is 0.0265. The van der Waals surface area contributed by atoms with Gasteiger partial charge in [-0.25, -0.2) is 9.36 Å². The molecule has 4 rings (SSSR count). The summed E-state index contributed by atoms with van der Waals surface area (Å²) >= 11 is 1.23. The lowest BCUT2D eigenvalue weighted by Gasteiger charge is -2.04. The summed E-state index contributed by atoms with van der Waals surface area (Å²) < 4.78 is 5.85. The Balaban J connectivity index is 1.90. The minimum Gasteiger partial charge on any atom is -0.480 e. The van der Waals surface area contributed by atoms with Crippen LogP contribution in [0.1, 0.15) is 5.56 Å². The number of nitrogens with zero attached hydrogens (tertiary/aromatic N) is 4. The van der Waals surface area contributed by atoms with Crippen molar-refractivity contribution in [2.45, 2.75) is 6.92 Å². The second-order valence-corrected chi connectivity index (χ2v) is 7.09. The van der Waals surface area contributed by atoms with E-state index in [1.165, 1.54) is 42.7 Å². The van der Waals surface area contributed by atoms with Crippen LogP contribution in [-0.4, -0.2) is 31.8 Å². The van der Waals surface area contributed by atoms with Crippen molar-refractivity contribution in [3.8, 4) is 22.1 Å². The van der Waals surface area contributed by atoms with Gasteiger partial charge in [0.15, 0.2) is 5.82 Å². The number of nitro benzene ring substituents is 1. The number of rotatable bonds is 4. The first-order valence-electron chi connectivity index (χ1n) is 8.32. The van der Waals surface area contributed by atoms with Gasteiger partial charge in [0, 0.05) is 23.1 Å². The van der Waals surface area contributed by atoms with Crippen LogP contribution in [0.15, 0.2) is 46.0 Å². The number of ether oxygens (including phenoxy) is 1. The zero-order valence-electron chi connectivity index (χ0n) is 15.2. The Labute approximate surface area is 166 Å². The number of nitrogens with one attached hydrogen (secondary N) is 1. The van der Waals surface area contributed by atoms with E-state index >= 15 is 0 Å². The van der Waals surface area contributed by atoms with Gasteiger partial charge in [0.1, 0.15) is 4.83 Å². The lowest BCUT2D eigenvalue weighted by atomic mass is 10.1. The molecule has 0 spiro atoms. The summed E-state index contributed by atoms with van der Waals surface area (Å²) in [5.41, 5.74) is 0.186. The fourth-order valence-corrected chi connectivity index (χ4v) is 4.17.